The van der Waals surface area contributed by atoms with Gasteiger partial charge in [-0.25, -0.2) is 4.98 Å². The highest BCUT2D eigenvalue weighted by molar-refractivity contribution is 5.82. The molecule has 0 aliphatic carbocycles. The summed E-state index contributed by atoms with van der Waals surface area (Å²) >= 11 is 0. The maximum atomic E-state index is 12.7. The first-order chi connectivity index (χ1) is 10.1. The molecule has 0 unspecified atom stereocenters. The van der Waals surface area contributed by atoms with Crippen LogP contribution in [0.25, 0.3) is 22.2 Å². The second-order valence-electron chi connectivity index (χ2n) is 4.74. The molecule has 0 aliphatic rings. The van der Waals surface area contributed by atoms with Crippen molar-refractivity contribution in [3.63, 3.8) is 0 Å². The van der Waals surface area contributed by atoms with Crippen molar-refractivity contribution in [3.8, 4) is 11.1 Å². The van der Waals surface area contributed by atoms with Crippen molar-refractivity contribution in [2.75, 3.05) is 11.5 Å². The van der Waals surface area contributed by atoms with Crippen LogP contribution in [0, 0.1) is 0 Å². The predicted molar refractivity (Wildman–Crippen MR) is 83.7 cm³/mol. The summed E-state index contributed by atoms with van der Waals surface area (Å²) < 4.78 is 1.59. The molecule has 4 N–H and O–H groups in total. The zero-order chi connectivity index (χ0) is 15.0. The number of pyridine rings is 1. The fraction of sp³-hybridized carbons (Fsp3) is 0.133. The molecule has 6 heteroatoms. The molecule has 106 valence electrons. The molecule has 6 nitrogen and oxygen atoms in total. The first kappa shape index (κ1) is 13.1. The summed E-state index contributed by atoms with van der Waals surface area (Å²) in [6.07, 6.45) is 1.62. The Bertz CT molecular complexity index is 885. The molecule has 1 aromatic carbocycles. The van der Waals surface area contributed by atoms with Gasteiger partial charge < -0.3 is 11.5 Å². The summed E-state index contributed by atoms with van der Waals surface area (Å²) in [6, 6.07) is 9.02. The molecule has 0 spiro atoms. The van der Waals surface area contributed by atoms with Gasteiger partial charge in [0, 0.05) is 29.4 Å². The lowest BCUT2D eigenvalue weighted by Crippen LogP contribution is -2.22. The Morgan fingerprint density at radius 3 is 2.76 bits per heavy atom. The van der Waals surface area contributed by atoms with E-state index in [1.54, 1.807) is 29.0 Å². The monoisotopic (exact) mass is 281 g/mol. The Kier molecular flexibility index (Phi) is 3.06. The number of fused-ring (bicyclic) bond motifs is 1. The Labute approximate surface area is 121 Å². The third kappa shape index (κ3) is 2.20. The quantitative estimate of drug-likeness (QED) is 0.696. The Morgan fingerprint density at radius 1 is 1.24 bits per heavy atom. The Morgan fingerprint density at radius 2 is 2.05 bits per heavy atom. The van der Waals surface area contributed by atoms with Crippen molar-refractivity contribution < 1.29 is 0 Å². The van der Waals surface area contributed by atoms with Crippen LogP contribution in [-0.2, 0) is 6.54 Å². The number of hydrogen-bond acceptors (Lipinski definition) is 5. The fourth-order valence-electron chi connectivity index (χ4n) is 2.38. The second-order valence-corrected chi connectivity index (χ2v) is 4.74. The van der Waals surface area contributed by atoms with Gasteiger partial charge in [-0.2, -0.15) is 4.98 Å². The molecule has 0 aliphatic heterocycles. The van der Waals surface area contributed by atoms with Crippen LogP contribution < -0.4 is 17.0 Å². The largest absolute Gasteiger partial charge is 0.399 e. The zero-order valence-electron chi connectivity index (χ0n) is 11.6. The lowest BCUT2D eigenvalue weighted by molar-refractivity contribution is 0.751. The molecule has 0 atom stereocenters. The summed E-state index contributed by atoms with van der Waals surface area (Å²) in [5, 5.41) is 0.767. The molecule has 2 heterocycles. The van der Waals surface area contributed by atoms with E-state index in [9.17, 15) is 4.79 Å². The summed E-state index contributed by atoms with van der Waals surface area (Å²) in [4.78, 5) is 20.8. The number of nitrogen functional groups attached to an aromatic ring is 2. The highest BCUT2D eigenvalue weighted by Crippen LogP contribution is 2.22. The van der Waals surface area contributed by atoms with Crippen LogP contribution in [0.3, 0.4) is 0 Å². The SMILES string of the molecule is CCn1c(=O)c(-c2cccc(N)c2)cc2cnc(N)nc21. The van der Waals surface area contributed by atoms with Crippen molar-refractivity contribution in [1.29, 1.82) is 0 Å². The first-order valence-electron chi connectivity index (χ1n) is 6.62. The zero-order valence-corrected chi connectivity index (χ0v) is 11.6. The number of anilines is 2. The molecule has 3 rings (SSSR count). The number of benzene rings is 1. The van der Waals surface area contributed by atoms with E-state index in [0.29, 0.717) is 23.4 Å². The van der Waals surface area contributed by atoms with Crippen molar-refractivity contribution >= 4 is 22.7 Å². The Balaban J connectivity index is 2.37. The third-order valence-corrected chi connectivity index (χ3v) is 3.36. The number of rotatable bonds is 2. The second kappa shape index (κ2) is 4.90. The van der Waals surface area contributed by atoms with Gasteiger partial charge in [0.2, 0.25) is 5.95 Å². The van der Waals surface area contributed by atoms with Crippen molar-refractivity contribution in [2.45, 2.75) is 13.5 Å². The van der Waals surface area contributed by atoms with Crippen LogP contribution in [0.4, 0.5) is 11.6 Å². The van der Waals surface area contributed by atoms with E-state index in [0.717, 1.165) is 10.9 Å². The number of aryl methyl sites for hydroxylation is 1. The minimum absolute atomic E-state index is 0.117. The molecule has 0 bridgehead atoms. The standard InChI is InChI=1S/C15H15N5O/c1-2-20-13-10(8-18-15(17)19-13)7-12(14(20)21)9-4-3-5-11(16)6-9/h3-8H,2,16H2,1H3,(H2,17,18,19). The van der Waals surface area contributed by atoms with Gasteiger partial charge in [-0.1, -0.05) is 12.1 Å². The van der Waals surface area contributed by atoms with Gasteiger partial charge in [0.05, 0.1) is 0 Å². The van der Waals surface area contributed by atoms with E-state index < -0.39 is 0 Å². The van der Waals surface area contributed by atoms with Crippen LogP contribution in [0.2, 0.25) is 0 Å². The number of hydrogen-bond donors (Lipinski definition) is 2. The van der Waals surface area contributed by atoms with E-state index in [1.807, 2.05) is 19.1 Å². The van der Waals surface area contributed by atoms with E-state index >= 15 is 0 Å². The molecule has 2 aromatic heterocycles. The summed E-state index contributed by atoms with van der Waals surface area (Å²) in [7, 11) is 0. The van der Waals surface area contributed by atoms with Gasteiger partial charge in [-0.15, -0.1) is 0 Å². The fourth-order valence-corrected chi connectivity index (χ4v) is 2.38. The predicted octanol–water partition coefficient (Wildman–Crippen LogP) is 1.64. The highest BCUT2D eigenvalue weighted by Gasteiger charge is 2.12. The molecule has 21 heavy (non-hydrogen) atoms. The van der Waals surface area contributed by atoms with Crippen LogP contribution in [0.5, 0.6) is 0 Å². The molecule has 0 radical (unpaired) electrons. The summed E-state index contributed by atoms with van der Waals surface area (Å²) in [5.41, 5.74) is 13.8. The summed E-state index contributed by atoms with van der Waals surface area (Å²) in [6.45, 7) is 2.39. The van der Waals surface area contributed by atoms with E-state index in [1.165, 1.54) is 0 Å². The molecular formula is C15H15N5O. The van der Waals surface area contributed by atoms with Crippen molar-refractivity contribution in [1.82, 2.24) is 14.5 Å². The molecule has 0 saturated carbocycles. The van der Waals surface area contributed by atoms with Gasteiger partial charge >= 0.3 is 0 Å². The number of nitrogens with zero attached hydrogens (tertiary/aromatic N) is 3. The topological polar surface area (TPSA) is 99.8 Å². The number of nitrogens with two attached hydrogens (primary N) is 2. The van der Waals surface area contributed by atoms with Crippen LogP contribution >= 0.6 is 0 Å². The maximum Gasteiger partial charge on any atom is 0.260 e. The molecule has 0 amide bonds. The lowest BCUT2D eigenvalue weighted by atomic mass is 10.1. The number of aromatic nitrogens is 3. The van der Waals surface area contributed by atoms with Crippen molar-refractivity contribution in [3.05, 3.63) is 46.9 Å². The van der Waals surface area contributed by atoms with E-state index in [4.69, 9.17) is 11.5 Å². The minimum atomic E-state index is -0.117. The highest BCUT2D eigenvalue weighted by atomic mass is 16.1. The van der Waals surface area contributed by atoms with Gasteiger partial charge in [0.25, 0.3) is 5.56 Å². The average molecular weight is 281 g/mol. The van der Waals surface area contributed by atoms with Gasteiger partial charge in [0.15, 0.2) is 0 Å². The maximum absolute atomic E-state index is 12.7. The van der Waals surface area contributed by atoms with Crippen LogP contribution in [-0.4, -0.2) is 14.5 Å². The minimum Gasteiger partial charge on any atom is -0.399 e. The van der Waals surface area contributed by atoms with Gasteiger partial charge in [-0.05, 0) is 30.7 Å². The average Bonchev–Trinajstić information content (AvgIpc) is 2.47. The molecule has 0 fully saturated rings. The third-order valence-electron chi connectivity index (χ3n) is 3.36. The summed E-state index contributed by atoms with van der Waals surface area (Å²) in [5.74, 6) is 0.154. The normalized spacial score (nSPS) is 10.9. The Hall–Kier alpha value is -2.89. The van der Waals surface area contributed by atoms with E-state index in [2.05, 4.69) is 9.97 Å². The van der Waals surface area contributed by atoms with Crippen LogP contribution in [0.15, 0.2) is 41.3 Å². The molecule has 0 saturated heterocycles. The molecular weight excluding hydrogens is 266 g/mol. The van der Waals surface area contributed by atoms with Gasteiger partial charge in [0.1, 0.15) is 5.65 Å². The smallest absolute Gasteiger partial charge is 0.260 e. The molecule has 3 aromatic rings. The lowest BCUT2D eigenvalue weighted by Gasteiger charge is -2.11. The van der Waals surface area contributed by atoms with Crippen LogP contribution in [0.1, 0.15) is 6.92 Å². The van der Waals surface area contributed by atoms with Crippen molar-refractivity contribution in [2.24, 2.45) is 0 Å². The van der Waals surface area contributed by atoms with E-state index in [-0.39, 0.29) is 11.5 Å². The van der Waals surface area contributed by atoms with Gasteiger partial charge in [-0.3, -0.25) is 9.36 Å². The first-order valence-corrected chi connectivity index (χ1v) is 6.62.